The van der Waals surface area contributed by atoms with Crippen LogP contribution >= 0.6 is 0 Å². The Hall–Kier alpha value is -1.43. The molecule has 1 aliphatic carbocycles. The summed E-state index contributed by atoms with van der Waals surface area (Å²) in [4.78, 5) is 11.1. The van der Waals surface area contributed by atoms with Gasteiger partial charge in [-0.2, -0.15) is 0 Å². The van der Waals surface area contributed by atoms with E-state index in [1.165, 1.54) is 4.68 Å². The van der Waals surface area contributed by atoms with Crippen LogP contribution in [-0.2, 0) is 17.3 Å². The number of hydrogen-bond acceptors (Lipinski definition) is 4. The first kappa shape index (κ1) is 9.14. The fourth-order valence-corrected chi connectivity index (χ4v) is 1.80. The Bertz CT molecular complexity index is 368. The fraction of sp³-hybridized carbons (Fsp3) is 0.625. The molecule has 1 aromatic rings. The van der Waals surface area contributed by atoms with Crippen molar-refractivity contribution in [3.05, 3.63) is 11.9 Å². The lowest BCUT2D eigenvalue weighted by Gasteiger charge is -2.39. The van der Waals surface area contributed by atoms with Crippen LogP contribution in [0.5, 0.6) is 0 Å². The fourth-order valence-electron chi connectivity index (χ4n) is 1.80. The highest BCUT2D eigenvalue weighted by Crippen LogP contribution is 2.43. The van der Waals surface area contributed by atoms with Gasteiger partial charge < -0.3 is 10.2 Å². The van der Waals surface area contributed by atoms with Gasteiger partial charge in [-0.1, -0.05) is 5.21 Å². The second kappa shape index (κ2) is 2.78. The third-order valence-corrected chi connectivity index (χ3v) is 2.67. The summed E-state index contributed by atoms with van der Waals surface area (Å²) in [7, 11) is 1.68. The number of rotatable bonds is 2. The largest absolute Gasteiger partial charge is 0.481 e. The number of aliphatic carboxylic acids is 1. The van der Waals surface area contributed by atoms with Crippen molar-refractivity contribution in [2.45, 2.75) is 24.4 Å². The number of carboxylic acids is 1. The quantitative estimate of drug-likeness (QED) is 0.654. The van der Waals surface area contributed by atoms with Crippen LogP contribution in [0.1, 0.15) is 18.5 Å². The number of aryl methyl sites for hydroxylation is 1. The summed E-state index contributed by atoms with van der Waals surface area (Å²) in [6.07, 6.45) is 1.50. The van der Waals surface area contributed by atoms with Crippen molar-refractivity contribution in [2.75, 3.05) is 0 Å². The topological polar surface area (TPSA) is 88.2 Å². The molecule has 76 valence electrons. The van der Waals surface area contributed by atoms with Crippen LogP contribution in [0.4, 0.5) is 0 Å². The van der Waals surface area contributed by atoms with E-state index in [9.17, 15) is 9.90 Å². The van der Waals surface area contributed by atoms with E-state index in [4.69, 9.17) is 5.11 Å². The highest BCUT2D eigenvalue weighted by Gasteiger charge is 2.53. The number of nitrogens with zero attached hydrogens (tertiary/aromatic N) is 3. The molecule has 1 aromatic heterocycles. The van der Waals surface area contributed by atoms with Crippen molar-refractivity contribution >= 4 is 5.97 Å². The first-order chi connectivity index (χ1) is 6.54. The summed E-state index contributed by atoms with van der Waals surface area (Å²) in [5.41, 5.74) is -0.592. The molecular formula is C8H11N3O3. The predicted molar refractivity (Wildman–Crippen MR) is 45.6 cm³/mol. The van der Waals surface area contributed by atoms with Crippen LogP contribution in [0, 0.1) is 0 Å². The van der Waals surface area contributed by atoms with Crippen LogP contribution < -0.4 is 0 Å². The Morgan fingerprint density at radius 2 is 2.36 bits per heavy atom. The number of carbonyl (C=O) groups is 1. The lowest BCUT2D eigenvalue weighted by Crippen LogP contribution is -2.50. The average Bonchev–Trinajstić information content (AvgIpc) is 2.45. The Kier molecular flexibility index (Phi) is 1.81. The van der Waals surface area contributed by atoms with E-state index in [2.05, 4.69) is 10.3 Å². The van der Waals surface area contributed by atoms with Crippen LogP contribution in [0.25, 0.3) is 0 Å². The molecule has 0 atom stereocenters. The van der Waals surface area contributed by atoms with Gasteiger partial charge in [0.25, 0.3) is 0 Å². The molecule has 6 nitrogen and oxygen atoms in total. The van der Waals surface area contributed by atoms with Gasteiger partial charge in [-0.05, 0) is 12.8 Å². The molecule has 0 bridgehead atoms. The molecule has 1 saturated carbocycles. The third kappa shape index (κ3) is 1.11. The van der Waals surface area contributed by atoms with Crippen LogP contribution in [-0.4, -0.2) is 37.3 Å². The van der Waals surface area contributed by atoms with Gasteiger partial charge in [-0.3, -0.25) is 9.48 Å². The monoisotopic (exact) mass is 197 g/mol. The van der Waals surface area contributed by atoms with Gasteiger partial charge in [-0.25, -0.2) is 0 Å². The molecule has 14 heavy (non-hydrogen) atoms. The Labute approximate surface area is 80.2 Å². The van der Waals surface area contributed by atoms with Crippen molar-refractivity contribution in [3.63, 3.8) is 0 Å². The highest BCUT2D eigenvalue weighted by molar-refractivity contribution is 5.82. The molecular weight excluding hydrogens is 186 g/mol. The maximum absolute atomic E-state index is 11.1. The molecule has 1 fully saturated rings. The number of aromatic nitrogens is 3. The molecule has 0 amide bonds. The molecule has 0 spiro atoms. The van der Waals surface area contributed by atoms with Gasteiger partial charge in [0.05, 0.1) is 6.10 Å². The van der Waals surface area contributed by atoms with E-state index < -0.39 is 17.5 Å². The number of hydrogen-bond donors (Lipinski definition) is 2. The lowest BCUT2D eigenvalue weighted by molar-refractivity contribution is -0.153. The van der Waals surface area contributed by atoms with Crippen molar-refractivity contribution in [2.24, 2.45) is 7.05 Å². The van der Waals surface area contributed by atoms with Gasteiger partial charge >= 0.3 is 5.97 Å². The Morgan fingerprint density at radius 1 is 1.71 bits per heavy atom. The van der Waals surface area contributed by atoms with Crippen molar-refractivity contribution in [3.8, 4) is 0 Å². The number of aliphatic hydroxyl groups excluding tert-OH is 1. The summed E-state index contributed by atoms with van der Waals surface area (Å²) >= 11 is 0. The van der Waals surface area contributed by atoms with E-state index >= 15 is 0 Å². The molecule has 0 aromatic carbocycles. The zero-order valence-corrected chi connectivity index (χ0v) is 7.71. The summed E-state index contributed by atoms with van der Waals surface area (Å²) in [6, 6.07) is 0. The summed E-state index contributed by atoms with van der Waals surface area (Å²) in [5, 5.41) is 25.7. The molecule has 1 heterocycles. The van der Waals surface area contributed by atoms with E-state index in [-0.39, 0.29) is 12.8 Å². The van der Waals surface area contributed by atoms with Gasteiger partial charge in [0.1, 0.15) is 11.1 Å². The van der Waals surface area contributed by atoms with E-state index in [0.717, 1.165) is 0 Å². The standard InChI is InChI=1S/C8H11N3O3/c1-11-4-6(9-10-11)8(7(13)14)2-5(12)3-8/h4-5,12H,2-3H2,1H3,(H,13,14). The summed E-state index contributed by atoms with van der Waals surface area (Å²) in [5.74, 6) is -0.941. The zero-order chi connectivity index (χ0) is 10.3. The molecule has 0 radical (unpaired) electrons. The molecule has 2 N–H and O–H groups in total. The van der Waals surface area contributed by atoms with Gasteiger partial charge in [0.2, 0.25) is 0 Å². The van der Waals surface area contributed by atoms with E-state index in [1.807, 2.05) is 0 Å². The molecule has 6 heteroatoms. The highest BCUT2D eigenvalue weighted by atomic mass is 16.4. The second-order valence-electron chi connectivity index (χ2n) is 3.73. The van der Waals surface area contributed by atoms with Crippen LogP contribution in [0.3, 0.4) is 0 Å². The average molecular weight is 197 g/mol. The maximum Gasteiger partial charge on any atom is 0.316 e. The normalized spacial score (nSPS) is 31.1. The van der Waals surface area contributed by atoms with Crippen molar-refractivity contribution < 1.29 is 15.0 Å². The van der Waals surface area contributed by atoms with Crippen LogP contribution in [0.15, 0.2) is 6.20 Å². The van der Waals surface area contributed by atoms with Crippen molar-refractivity contribution in [1.29, 1.82) is 0 Å². The smallest absolute Gasteiger partial charge is 0.316 e. The van der Waals surface area contributed by atoms with E-state index in [0.29, 0.717) is 5.69 Å². The van der Waals surface area contributed by atoms with Crippen molar-refractivity contribution in [1.82, 2.24) is 15.0 Å². The minimum Gasteiger partial charge on any atom is -0.481 e. The summed E-state index contributed by atoms with van der Waals surface area (Å²) < 4.78 is 1.46. The molecule has 0 saturated heterocycles. The first-order valence-corrected chi connectivity index (χ1v) is 4.33. The minimum absolute atomic E-state index is 0.223. The molecule has 2 rings (SSSR count). The minimum atomic E-state index is -1.02. The SMILES string of the molecule is Cn1cc(C2(C(=O)O)CC(O)C2)nn1. The molecule has 0 unspecified atom stereocenters. The van der Waals surface area contributed by atoms with Gasteiger partial charge in [-0.15, -0.1) is 5.10 Å². The first-order valence-electron chi connectivity index (χ1n) is 4.33. The van der Waals surface area contributed by atoms with Gasteiger partial charge in [0.15, 0.2) is 0 Å². The van der Waals surface area contributed by atoms with E-state index in [1.54, 1.807) is 13.2 Å². The number of carboxylic acid groups (broad SMARTS) is 1. The molecule has 1 aliphatic rings. The number of aliphatic hydroxyl groups is 1. The predicted octanol–water partition coefficient (Wildman–Crippen LogP) is -0.708. The zero-order valence-electron chi connectivity index (χ0n) is 7.71. The lowest BCUT2D eigenvalue weighted by atomic mass is 9.65. The van der Waals surface area contributed by atoms with Crippen LogP contribution in [0.2, 0.25) is 0 Å². The Balaban J connectivity index is 2.34. The summed E-state index contributed by atoms with van der Waals surface area (Å²) in [6.45, 7) is 0. The third-order valence-electron chi connectivity index (χ3n) is 2.67. The molecule has 0 aliphatic heterocycles. The second-order valence-corrected chi connectivity index (χ2v) is 3.73. The Morgan fingerprint density at radius 3 is 2.71 bits per heavy atom. The maximum atomic E-state index is 11.1. The van der Waals surface area contributed by atoms with Gasteiger partial charge in [0, 0.05) is 13.2 Å².